The molecule has 0 aliphatic carbocycles. The van der Waals surface area contributed by atoms with Gasteiger partial charge in [0.05, 0.1) is 6.42 Å². The van der Waals surface area contributed by atoms with Crippen LogP contribution in [0.2, 0.25) is 0 Å². The fraction of sp³-hybridized carbons (Fsp3) is 0.510. The Morgan fingerprint density at radius 3 is 1.46 bits per heavy atom. The molecule has 0 rings (SSSR count). The van der Waals surface area contributed by atoms with E-state index < -0.39 is 18.0 Å². The van der Waals surface area contributed by atoms with Gasteiger partial charge in [0.15, 0.2) is 6.10 Å². The van der Waals surface area contributed by atoms with E-state index >= 15 is 0 Å². The first-order chi connectivity index (χ1) is 28.0. The van der Waals surface area contributed by atoms with Crippen LogP contribution in [0, 0.1) is 0 Å². The molecule has 0 bridgehead atoms. The zero-order valence-electron chi connectivity index (χ0n) is 35.8. The molecule has 0 spiro atoms. The van der Waals surface area contributed by atoms with Crippen molar-refractivity contribution in [2.45, 2.75) is 155 Å². The van der Waals surface area contributed by atoms with Gasteiger partial charge in [-0.2, -0.15) is 0 Å². The Hall–Kier alpha value is -4.45. The molecule has 0 saturated carbocycles. The molecule has 6 heteroatoms. The van der Waals surface area contributed by atoms with Crippen LogP contribution in [-0.2, 0) is 28.6 Å². The van der Waals surface area contributed by atoms with Crippen molar-refractivity contribution in [3.05, 3.63) is 134 Å². The summed E-state index contributed by atoms with van der Waals surface area (Å²) in [6.07, 6.45) is 61.9. The largest absolute Gasteiger partial charge is 0.462 e. The molecule has 0 N–H and O–H groups in total. The van der Waals surface area contributed by atoms with E-state index in [0.29, 0.717) is 12.8 Å². The highest BCUT2D eigenvalue weighted by Gasteiger charge is 2.19. The van der Waals surface area contributed by atoms with Crippen LogP contribution in [-0.4, -0.2) is 37.2 Å². The van der Waals surface area contributed by atoms with Gasteiger partial charge >= 0.3 is 17.9 Å². The second-order valence-electron chi connectivity index (χ2n) is 13.6. The van der Waals surface area contributed by atoms with Crippen molar-refractivity contribution < 1.29 is 28.6 Å². The Morgan fingerprint density at radius 2 is 0.860 bits per heavy atom. The van der Waals surface area contributed by atoms with Crippen LogP contribution in [0.4, 0.5) is 0 Å². The van der Waals surface area contributed by atoms with Crippen LogP contribution in [0.5, 0.6) is 0 Å². The van der Waals surface area contributed by atoms with E-state index in [1.807, 2.05) is 42.5 Å². The molecule has 1 unspecified atom stereocenters. The van der Waals surface area contributed by atoms with E-state index in [4.69, 9.17) is 14.2 Å². The lowest BCUT2D eigenvalue weighted by Crippen LogP contribution is -2.30. The zero-order valence-corrected chi connectivity index (χ0v) is 35.8. The van der Waals surface area contributed by atoms with Gasteiger partial charge < -0.3 is 14.2 Å². The van der Waals surface area contributed by atoms with Gasteiger partial charge in [0.2, 0.25) is 0 Å². The lowest BCUT2D eigenvalue weighted by Gasteiger charge is -2.18. The molecular weight excluding hydrogens is 709 g/mol. The highest BCUT2D eigenvalue weighted by Crippen LogP contribution is 2.09. The van der Waals surface area contributed by atoms with Crippen molar-refractivity contribution in [2.24, 2.45) is 0 Å². The van der Waals surface area contributed by atoms with Gasteiger partial charge in [-0.25, -0.2) is 0 Å². The number of hydrogen-bond donors (Lipinski definition) is 0. The minimum Gasteiger partial charge on any atom is -0.462 e. The minimum absolute atomic E-state index is 0.110. The summed E-state index contributed by atoms with van der Waals surface area (Å²) in [7, 11) is 0. The summed E-state index contributed by atoms with van der Waals surface area (Å²) in [5.74, 6) is -1.19. The molecule has 0 aliphatic heterocycles. The molecule has 0 aromatic heterocycles. The van der Waals surface area contributed by atoms with E-state index in [1.54, 1.807) is 6.08 Å². The molecule has 0 aromatic rings. The quantitative estimate of drug-likeness (QED) is 0.0207. The monoisotopic (exact) mass is 785 g/mol. The summed E-state index contributed by atoms with van der Waals surface area (Å²) in [6, 6.07) is 0. The Labute approximate surface area is 347 Å². The van der Waals surface area contributed by atoms with Crippen LogP contribution >= 0.6 is 0 Å². The number of carbonyl (C=O) groups excluding carboxylic acids is 3. The van der Waals surface area contributed by atoms with Gasteiger partial charge in [0.25, 0.3) is 0 Å². The second-order valence-corrected chi connectivity index (χ2v) is 13.6. The van der Waals surface area contributed by atoms with Crippen molar-refractivity contribution in [1.82, 2.24) is 0 Å². The average molecular weight is 785 g/mol. The Balaban J connectivity index is 4.62. The standard InChI is InChI=1S/C51H76O6/c1-4-7-10-13-16-19-21-23-24-25-26-28-29-32-35-38-41-44-50(53)56-47-48(46-55-49(52)43-40-37-34-31-18-15-12-9-6-3)57-51(54)45-42-39-36-33-30-27-22-20-17-14-11-8-5-2/h8-9,11-12,14,16-20,22-24,26-28,30-32,35,37,40,48H,4-7,10,13,15,21,25,29,33-34,36,38-39,41-47H2,1-3H3/b11-8-,12-9-,17-14-,19-16-,22-20-,24-23-,28-26-,30-27-,31-18-,35-32-,40-37-. The lowest BCUT2D eigenvalue weighted by molar-refractivity contribution is -0.166. The fourth-order valence-corrected chi connectivity index (χ4v) is 5.03. The third kappa shape index (κ3) is 42.5. The van der Waals surface area contributed by atoms with Crippen molar-refractivity contribution >= 4 is 17.9 Å². The van der Waals surface area contributed by atoms with Crippen molar-refractivity contribution in [3.8, 4) is 0 Å². The Morgan fingerprint density at radius 1 is 0.404 bits per heavy atom. The molecule has 0 aromatic carbocycles. The number of carbonyl (C=O) groups is 3. The summed E-state index contributed by atoms with van der Waals surface area (Å²) < 4.78 is 16.5. The third-order valence-corrected chi connectivity index (χ3v) is 8.25. The van der Waals surface area contributed by atoms with E-state index in [-0.39, 0.29) is 38.4 Å². The number of rotatable bonds is 36. The predicted molar refractivity (Wildman–Crippen MR) is 242 cm³/mol. The minimum atomic E-state index is -0.858. The molecule has 316 valence electrons. The summed E-state index contributed by atoms with van der Waals surface area (Å²) in [6.45, 7) is 6.12. The molecule has 6 nitrogen and oxygen atoms in total. The average Bonchev–Trinajstić information content (AvgIpc) is 3.21. The topological polar surface area (TPSA) is 78.9 Å². The van der Waals surface area contributed by atoms with Gasteiger partial charge in [0.1, 0.15) is 13.2 Å². The Bertz CT molecular complexity index is 1320. The summed E-state index contributed by atoms with van der Waals surface area (Å²) in [4.78, 5) is 37.6. The van der Waals surface area contributed by atoms with Crippen molar-refractivity contribution in [2.75, 3.05) is 13.2 Å². The molecule has 0 fully saturated rings. The van der Waals surface area contributed by atoms with E-state index in [0.717, 1.165) is 70.6 Å². The summed E-state index contributed by atoms with van der Waals surface area (Å²) in [5.41, 5.74) is 0. The van der Waals surface area contributed by atoms with Crippen LogP contribution in [0.25, 0.3) is 0 Å². The zero-order chi connectivity index (χ0) is 41.5. The van der Waals surface area contributed by atoms with E-state index in [2.05, 4.69) is 106 Å². The molecule has 0 aliphatic rings. The predicted octanol–water partition coefficient (Wildman–Crippen LogP) is 14.0. The number of hydrogen-bond acceptors (Lipinski definition) is 6. The van der Waals surface area contributed by atoms with Gasteiger partial charge in [-0.15, -0.1) is 0 Å². The molecule has 57 heavy (non-hydrogen) atoms. The maximum atomic E-state index is 12.7. The Kier molecular flexibility index (Phi) is 40.8. The van der Waals surface area contributed by atoms with Gasteiger partial charge in [-0.1, -0.05) is 174 Å². The molecule has 0 amide bonds. The number of unbranched alkanes of at least 4 members (excludes halogenated alkanes) is 7. The summed E-state index contributed by atoms with van der Waals surface area (Å²) in [5, 5.41) is 0. The van der Waals surface area contributed by atoms with Gasteiger partial charge in [0, 0.05) is 12.8 Å². The normalized spacial score (nSPS) is 13.4. The van der Waals surface area contributed by atoms with Crippen molar-refractivity contribution in [1.29, 1.82) is 0 Å². The highest BCUT2D eigenvalue weighted by atomic mass is 16.6. The number of allylic oxidation sites excluding steroid dienone is 21. The summed E-state index contributed by atoms with van der Waals surface area (Å²) >= 11 is 0. The van der Waals surface area contributed by atoms with Gasteiger partial charge in [-0.05, 0) is 89.9 Å². The van der Waals surface area contributed by atoms with E-state index in [9.17, 15) is 14.4 Å². The smallest absolute Gasteiger partial charge is 0.309 e. The first kappa shape index (κ1) is 52.6. The molecule has 0 saturated heterocycles. The highest BCUT2D eigenvalue weighted by molar-refractivity contribution is 5.72. The SMILES string of the molecule is CC\C=C/C=C\C=C/C=C\CCCCCC(=O)OC(COC(=O)C/C=C\C/C=C\C/C=C\CC)COC(=O)CCC/C=C\C/C=C\C/C=C\C/C=C\CCCCC. The molecular formula is C51H76O6. The third-order valence-electron chi connectivity index (χ3n) is 8.25. The van der Waals surface area contributed by atoms with Crippen LogP contribution < -0.4 is 0 Å². The second kappa shape index (κ2) is 44.3. The van der Waals surface area contributed by atoms with Crippen LogP contribution in [0.15, 0.2) is 134 Å². The molecule has 1 atom stereocenters. The maximum absolute atomic E-state index is 12.7. The van der Waals surface area contributed by atoms with E-state index in [1.165, 1.54) is 25.7 Å². The first-order valence-electron chi connectivity index (χ1n) is 21.7. The fourth-order valence-electron chi connectivity index (χ4n) is 5.03. The van der Waals surface area contributed by atoms with Crippen LogP contribution in [0.3, 0.4) is 0 Å². The number of esters is 3. The first-order valence-corrected chi connectivity index (χ1v) is 21.7. The van der Waals surface area contributed by atoms with Crippen molar-refractivity contribution in [3.63, 3.8) is 0 Å². The van der Waals surface area contributed by atoms with Gasteiger partial charge in [-0.3, -0.25) is 14.4 Å². The maximum Gasteiger partial charge on any atom is 0.309 e. The molecule has 0 radical (unpaired) electrons. The lowest BCUT2D eigenvalue weighted by atomic mass is 10.1. The van der Waals surface area contributed by atoms with Crippen LogP contribution in [0.1, 0.15) is 149 Å². The molecule has 0 heterocycles. The number of ether oxygens (including phenoxy) is 3.